The lowest BCUT2D eigenvalue weighted by atomic mass is 9.88. The Hall–Kier alpha value is -1.75. The van der Waals surface area contributed by atoms with Gasteiger partial charge in [0.2, 0.25) is 5.91 Å². The van der Waals surface area contributed by atoms with Crippen molar-refractivity contribution >= 4 is 34.8 Å². The highest BCUT2D eigenvalue weighted by atomic mass is 35.5. The molecular formula is C16H14Cl2N2O2. The average molecular weight is 337 g/mol. The van der Waals surface area contributed by atoms with Crippen LogP contribution in [0.3, 0.4) is 0 Å². The largest absolute Gasteiger partial charge is 0.497 e. The first-order valence-corrected chi connectivity index (χ1v) is 7.46. The molecule has 4 nitrogen and oxygen atoms in total. The maximum absolute atomic E-state index is 12.2. The zero-order valence-electron chi connectivity index (χ0n) is 11.8. The smallest absolute Gasteiger partial charge is 0.247 e. The van der Waals surface area contributed by atoms with Gasteiger partial charge in [0.25, 0.3) is 0 Å². The SMILES string of the molecule is COc1cccc(N2C(=O)[C@H](N)[C@H]2c2ccc(Cl)cc2Cl)c1. The fourth-order valence-corrected chi connectivity index (χ4v) is 3.15. The van der Waals surface area contributed by atoms with E-state index in [0.29, 0.717) is 15.8 Å². The molecule has 1 aliphatic rings. The number of amides is 1. The topological polar surface area (TPSA) is 55.6 Å². The number of nitrogens with zero attached hydrogens (tertiary/aromatic N) is 1. The van der Waals surface area contributed by atoms with Gasteiger partial charge in [-0.25, -0.2) is 0 Å². The molecule has 0 radical (unpaired) electrons. The Bertz CT molecular complexity index is 736. The van der Waals surface area contributed by atoms with Gasteiger partial charge < -0.3 is 15.4 Å². The van der Waals surface area contributed by atoms with Crippen LogP contribution < -0.4 is 15.4 Å². The summed E-state index contributed by atoms with van der Waals surface area (Å²) in [7, 11) is 1.58. The number of rotatable bonds is 3. The third-order valence-electron chi connectivity index (χ3n) is 3.75. The van der Waals surface area contributed by atoms with Crippen LogP contribution in [0.1, 0.15) is 11.6 Å². The fourth-order valence-electron chi connectivity index (χ4n) is 2.63. The second-order valence-electron chi connectivity index (χ2n) is 5.05. The quantitative estimate of drug-likeness (QED) is 0.873. The number of carbonyl (C=O) groups excluding carboxylic acids is 1. The van der Waals surface area contributed by atoms with Crippen molar-refractivity contribution in [2.45, 2.75) is 12.1 Å². The maximum Gasteiger partial charge on any atom is 0.247 e. The predicted octanol–water partition coefficient (Wildman–Crippen LogP) is 3.42. The molecule has 0 saturated carbocycles. The molecule has 1 aliphatic heterocycles. The van der Waals surface area contributed by atoms with Crippen LogP contribution in [0.5, 0.6) is 5.75 Å². The number of methoxy groups -OCH3 is 1. The average Bonchev–Trinajstić information content (AvgIpc) is 2.52. The third kappa shape index (κ3) is 2.43. The molecule has 3 rings (SSSR count). The molecule has 22 heavy (non-hydrogen) atoms. The number of halogens is 2. The van der Waals surface area contributed by atoms with Gasteiger partial charge in [-0.1, -0.05) is 35.3 Å². The van der Waals surface area contributed by atoms with Crippen molar-refractivity contribution in [1.29, 1.82) is 0 Å². The lowest BCUT2D eigenvalue weighted by molar-refractivity contribution is -0.126. The van der Waals surface area contributed by atoms with E-state index in [2.05, 4.69) is 0 Å². The number of benzene rings is 2. The molecule has 1 heterocycles. The molecule has 0 aromatic heterocycles. The lowest BCUT2D eigenvalue weighted by Crippen LogP contribution is -2.63. The van der Waals surface area contributed by atoms with E-state index >= 15 is 0 Å². The molecule has 0 aliphatic carbocycles. The van der Waals surface area contributed by atoms with E-state index in [0.717, 1.165) is 11.3 Å². The molecule has 1 saturated heterocycles. The number of carbonyl (C=O) groups is 1. The lowest BCUT2D eigenvalue weighted by Gasteiger charge is -2.46. The Morgan fingerprint density at radius 2 is 1.95 bits per heavy atom. The summed E-state index contributed by atoms with van der Waals surface area (Å²) in [5.74, 6) is 0.524. The monoisotopic (exact) mass is 336 g/mol. The van der Waals surface area contributed by atoms with E-state index < -0.39 is 6.04 Å². The molecule has 2 aromatic carbocycles. The summed E-state index contributed by atoms with van der Waals surface area (Å²) in [6.07, 6.45) is 0. The molecule has 6 heteroatoms. The minimum atomic E-state index is -0.620. The van der Waals surface area contributed by atoms with Crippen LogP contribution >= 0.6 is 23.2 Å². The summed E-state index contributed by atoms with van der Waals surface area (Å²) >= 11 is 12.2. The fraction of sp³-hybridized carbons (Fsp3) is 0.188. The number of nitrogens with two attached hydrogens (primary N) is 1. The van der Waals surface area contributed by atoms with E-state index in [1.165, 1.54) is 0 Å². The molecule has 1 fully saturated rings. The highest BCUT2D eigenvalue weighted by Gasteiger charge is 2.47. The van der Waals surface area contributed by atoms with Gasteiger partial charge in [-0.15, -0.1) is 0 Å². The van der Waals surface area contributed by atoms with Crippen LogP contribution in [0, 0.1) is 0 Å². The summed E-state index contributed by atoms with van der Waals surface area (Å²) in [6.45, 7) is 0. The van der Waals surface area contributed by atoms with Gasteiger partial charge in [-0.2, -0.15) is 0 Å². The molecule has 1 amide bonds. The van der Waals surface area contributed by atoms with Gasteiger partial charge in [0.1, 0.15) is 11.8 Å². The van der Waals surface area contributed by atoms with Crippen LogP contribution in [0.25, 0.3) is 0 Å². The summed E-state index contributed by atoms with van der Waals surface area (Å²) in [4.78, 5) is 13.8. The Morgan fingerprint density at radius 1 is 1.18 bits per heavy atom. The van der Waals surface area contributed by atoms with Crippen LogP contribution in [-0.2, 0) is 4.79 Å². The summed E-state index contributed by atoms with van der Waals surface area (Å²) < 4.78 is 5.20. The van der Waals surface area contributed by atoms with E-state index in [4.69, 9.17) is 33.7 Å². The highest BCUT2D eigenvalue weighted by molar-refractivity contribution is 6.35. The Morgan fingerprint density at radius 3 is 2.64 bits per heavy atom. The number of hydrogen-bond donors (Lipinski definition) is 1. The standard InChI is InChI=1S/C16H14Cl2N2O2/c1-22-11-4-2-3-10(8-11)20-15(14(19)16(20)21)12-6-5-9(17)7-13(12)18/h2-8,14-15H,19H2,1H3/t14-,15-/m1/s1. The summed E-state index contributed by atoms with van der Waals surface area (Å²) in [5.41, 5.74) is 7.49. The Balaban J connectivity index is 2.01. The molecular weight excluding hydrogens is 323 g/mol. The number of ether oxygens (including phenoxy) is 1. The van der Waals surface area contributed by atoms with Crippen LogP contribution in [0.15, 0.2) is 42.5 Å². The van der Waals surface area contributed by atoms with Gasteiger partial charge in [0.15, 0.2) is 0 Å². The molecule has 0 spiro atoms. The second-order valence-corrected chi connectivity index (χ2v) is 5.89. The van der Waals surface area contributed by atoms with E-state index in [-0.39, 0.29) is 11.9 Å². The van der Waals surface area contributed by atoms with E-state index in [1.807, 2.05) is 18.2 Å². The van der Waals surface area contributed by atoms with Gasteiger partial charge in [-0.05, 0) is 29.8 Å². The number of anilines is 1. The van der Waals surface area contributed by atoms with Crippen molar-refractivity contribution in [3.8, 4) is 5.75 Å². The minimum absolute atomic E-state index is 0.149. The van der Waals surface area contributed by atoms with Crippen molar-refractivity contribution in [2.24, 2.45) is 5.73 Å². The van der Waals surface area contributed by atoms with Gasteiger partial charge in [0.05, 0.1) is 13.2 Å². The number of hydrogen-bond acceptors (Lipinski definition) is 3. The third-order valence-corrected chi connectivity index (χ3v) is 4.32. The van der Waals surface area contributed by atoms with Crippen LogP contribution in [0.2, 0.25) is 10.0 Å². The Labute approximate surface area is 138 Å². The van der Waals surface area contributed by atoms with Crippen molar-refractivity contribution in [2.75, 3.05) is 12.0 Å². The first-order valence-electron chi connectivity index (χ1n) is 6.70. The summed E-state index contributed by atoms with van der Waals surface area (Å²) in [6, 6.07) is 11.5. The van der Waals surface area contributed by atoms with Crippen LogP contribution in [0.4, 0.5) is 5.69 Å². The van der Waals surface area contributed by atoms with Crippen molar-refractivity contribution in [3.63, 3.8) is 0 Å². The molecule has 2 N–H and O–H groups in total. The summed E-state index contributed by atoms with van der Waals surface area (Å²) in [5, 5.41) is 1.04. The highest BCUT2D eigenvalue weighted by Crippen LogP contribution is 2.42. The van der Waals surface area contributed by atoms with E-state index in [9.17, 15) is 4.79 Å². The maximum atomic E-state index is 12.2. The second kappa shape index (κ2) is 5.80. The zero-order chi connectivity index (χ0) is 15.9. The first kappa shape index (κ1) is 15.2. The van der Waals surface area contributed by atoms with Crippen molar-refractivity contribution in [1.82, 2.24) is 0 Å². The zero-order valence-corrected chi connectivity index (χ0v) is 13.3. The molecule has 114 valence electrons. The van der Waals surface area contributed by atoms with Gasteiger partial charge in [0, 0.05) is 21.8 Å². The Kier molecular flexibility index (Phi) is 4.00. The predicted molar refractivity (Wildman–Crippen MR) is 87.7 cm³/mol. The minimum Gasteiger partial charge on any atom is -0.497 e. The van der Waals surface area contributed by atoms with Gasteiger partial charge >= 0.3 is 0 Å². The van der Waals surface area contributed by atoms with E-state index in [1.54, 1.807) is 36.3 Å². The molecule has 0 bridgehead atoms. The normalized spacial score (nSPS) is 20.7. The van der Waals surface area contributed by atoms with Crippen molar-refractivity contribution in [3.05, 3.63) is 58.1 Å². The van der Waals surface area contributed by atoms with Crippen molar-refractivity contribution < 1.29 is 9.53 Å². The van der Waals surface area contributed by atoms with Crippen LogP contribution in [-0.4, -0.2) is 19.1 Å². The number of β-lactam (4-membered cyclic amide) rings is 1. The molecule has 0 unspecified atom stereocenters. The molecule has 2 aromatic rings. The molecule has 2 atom stereocenters. The first-order chi connectivity index (χ1) is 10.5. The van der Waals surface area contributed by atoms with Gasteiger partial charge in [-0.3, -0.25) is 4.79 Å².